The number of ether oxygens (including phenoxy) is 1. The summed E-state index contributed by atoms with van der Waals surface area (Å²) in [7, 11) is 0. The van der Waals surface area contributed by atoms with Crippen molar-refractivity contribution in [1.82, 2.24) is 0 Å². The first-order chi connectivity index (χ1) is 9.54. The number of halogens is 2. The maximum absolute atomic E-state index is 13.9. The summed E-state index contributed by atoms with van der Waals surface area (Å²) in [6.45, 7) is 2.24. The Bertz CT molecular complexity index is 569. The van der Waals surface area contributed by atoms with Gasteiger partial charge in [0.1, 0.15) is 6.61 Å². The number of hydrogen-bond donors (Lipinski definition) is 1. The molecule has 0 bridgehead atoms. The van der Waals surface area contributed by atoms with Crippen LogP contribution in [0.2, 0.25) is 0 Å². The highest BCUT2D eigenvalue weighted by molar-refractivity contribution is 9.10. The predicted octanol–water partition coefficient (Wildman–Crippen LogP) is 4.06. The van der Waals surface area contributed by atoms with Gasteiger partial charge in [0.15, 0.2) is 11.6 Å². The van der Waals surface area contributed by atoms with Crippen LogP contribution >= 0.6 is 15.9 Å². The molecular formula is C16H17BrFNO. The van der Waals surface area contributed by atoms with Crippen molar-refractivity contribution >= 4 is 15.9 Å². The van der Waals surface area contributed by atoms with E-state index >= 15 is 0 Å². The van der Waals surface area contributed by atoms with Crippen molar-refractivity contribution in [3.8, 4) is 5.75 Å². The number of hydrogen-bond acceptors (Lipinski definition) is 2. The zero-order valence-electron chi connectivity index (χ0n) is 11.3. The molecule has 4 heteroatoms. The van der Waals surface area contributed by atoms with Crippen LogP contribution in [0.4, 0.5) is 4.39 Å². The molecule has 0 heterocycles. The van der Waals surface area contributed by atoms with E-state index in [-0.39, 0.29) is 17.6 Å². The zero-order chi connectivity index (χ0) is 14.5. The molecule has 20 heavy (non-hydrogen) atoms. The van der Waals surface area contributed by atoms with Gasteiger partial charge in [-0.2, -0.15) is 0 Å². The average molecular weight is 338 g/mol. The van der Waals surface area contributed by atoms with Crippen LogP contribution in [0.5, 0.6) is 5.75 Å². The molecule has 0 aromatic heterocycles. The summed E-state index contributed by atoms with van der Waals surface area (Å²) < 4.78 is 20.4. The summed E-state index contributed by atoms with van der Waals surface area (Å²) >= 11 is 3.37. The summed E-state index contributed by atoms with van der Waals surface area (Å²) in [4.78, 5) is 0. The van der Waals surface area contributed by atoms with Gasteiger partial charge in [-0.1, -0.05) is 34.1 Å². The van der Waals surface area contributed by atoms with E-state index in [9.17, 15) is 4.39 Å². The quantitative estimate of drug-likeness (QED) is 0.892. The third kappa shape index (κ3) is 4.32. The third-order valence-corrected chi connectivity index (χ3v) is 3.39. The van der Waals surface area contributed by atoms with E-state index in [2.05, 4.69) is 15.9 Å². The summed E-state index contributed by atoms with van der Waals surface area (Å²) in [6.07, 6.45) is 0.657. The molecule has 0 aliphatic carbocycles. The van der Waals surface area contributed by atoms with Gasteiger partial charge in [-0.05, 0) is 48.7 Å². The second kappa shape index (κ2) is 6.86. The number of benzene rings is 2. The summed E-state index contributed by atoms with van der Waals surface area (Å²) in [5, 5.41) is 0. The summed E-state index contributed by atoms with van der Waals surface area (Å²) in [6, 6.07) is 12.7. The second-order valence-corrected chi connectivity index (χ2v) is 5.78. The van der Waals surface area contributed by atoms with E-state index < -0.39 is 0 Å². The molecular weight excluding hydrogens is 321 g/mol. The highest BCUT2D eigenvalue weighted by Crippen LogP contribution is 2.20. The molecule has 2 rings (SSSR count). The molecule has 106 valence electrons. The minimum absolute atomic E-state index is 0.0175. The van der Waals surface area contributed by atoms with Crippen LogP contribution in [0.1, 0.15) is 18.1 Å². The first kappa shape index (κ1) is 15.0. The Morgan fingerprint density at radius 2 is 1.80 bits per heavy atom. The Hall–Kier alpha value is -1.39. The minimum atomic E-state index is -0.347. The van der Waals surface area contributed by atoms with Crippen molar-refractivity contribution in [3.63, 3.8) is 0 Å². The van der Waals surface area contributed by atoms with E-state index in [4.69, 9.17) is 10.5 Å². The van der Waals surface area contributed by atoms with Crippen LogP contribution in [0.25, 0.3) is 0 Å². The fourth-order valence-electron chi connectivity index (χ4n) is 1.90. The largest absolute Gasteiger partial charge is 0.486 e. The molecule has 1 atom stereocenters. The molecule has 0 aliphatic rings. The Kier molecular flexibility index (Phi) is 5.15. The van der Waals surface area contributed by atoms with Crippen LogP contribution in [-0.4, -0.2) is 6.04 Å². The third-order valence-electron chi connectivity index (χ3n) is 2.86. The van der Waals surface area contributed by atoms with E-state index in [1.165, 1.54) is 6.07 Å². The van der Waals surface area contributed by atoms with Crippen LogP contribution in [0.15, 0.2) is 46.9 Å². The van der Waals surface area contributed by atoms with Gasteiger partial charge in [-0.15, -0.1) is 0 Å². The van der Waals surface area contributed by atoms with Crippen LogP contribution in [0, 0.1) is 5.82 Å². The van der Waals surface area contributed by atoms with E-state index in [1.807, 2.05) is 37.3 Å². The summed E-state index contributed by atoms with van der Waals surface area (Å²) in [5.74, 6) is -0.0818. The molecule has 2 aromatic carbocycles. The standard InChI is InChI=1S/C16H17BrFNO/c1-11(19)8-13-4-7-16(15(18)9-13)20-10-12-2-5-14(17)6-3-12/h2-7,9,11H,8,10,19H2,1H3. The first-order valence-electron chi connectivity index (χ1n) is 6.46. The van der Waals surface area contributed by atoms with Crippen molar-refractivity contribution in [3.05, 3.63) is 63.9 Å². The molecule has 0 fully saturated rings. The second-order valence-electron chi connectivity index (χ2n) is 4.86. The average Bonchev–Trinajstić information content (AvgIpc) is 2.39. The lowest BCUT2D eigenvalue weighted by Gasteiger charge is -2.10. The Balaban J connectivity index is 2.01. The van der Waals surface area contributed by atoms with Gasteiger partial charge in [0, 0.05) is 10.5 Å². The van der Waals surface area contributed by atoms with Crippen molar-refractivity contribution in [1.29, 1.82) is 0 Å². The Morgan fingerprint density at radius 1 is 1.15 bits per heavy atom. The number of nitrogens with two attached hydrogens (primary N) is 1. The fourth-order valence-corrected chi connectivity index (χ4v) is 2.17. The molecule has 0 saturated carbocycles. The first-order valence-corrected chi connectivity index (χ1v) is 7.25. The number of rotatable bonds is 5. The van der Waals surface area contributed by atoms with E-state index in [0.717, 1.165) is 15.6 Å². The molecule has 2 aromatic rings. The minimum Gasteiger partial charge on any atom is -0.486 e. The Morgan fingerprint density at radius 3 is 2.40 bits per heavy atom. The maximum atomic E-state index is 13.9. The lowest BCUT2D eigenvalue weighted by Crippen LogP contribution is -2.17. The molecule has 2 nitrogen and oxygen atoms in total. The molecule has 0 radical (unpaired) electrons. The SMILES string of the molecule is CC(N)Cc1ccc(OCc2ccc(Br)cc2)c(F)c1. The lowest BCUT2D eigenvalue weighted by atomic mass is 10.1. The van der Waals surface area contributed by atoms with Gasteiger partial charge < -0.3 is 10.5 Å². The highest BCUT2D eigenvalue weighted by atomic mass is 79.9. The Labute approximate surface area is 126 Å². The monoisotopic (exact) mass is 337 g/mol. The van der Waals surface area contributed by atoms with E-state index in [0.29, 0.717) is 13.0 Å². The fraction of sp³-hybridized carbons (Fsp3) is 0.250. The van der Waals surface area contributed by atoms with Crippen molar-refractivity contribution in [2.75, 3.05) is 0 Å². The molecule has 0 aliphatic heterocycles. The van der Waals surface area contributed by atoms with Gasteiger partial charge in [0.2, 0.25) is 0 Å². The van der Waals surface area contributed by atoms with Crippen LogP contribution in [-0.2, 0) is 13.0 Å². The summed E-state index contributed by atoms with van der Waals surface area (Å²) in [5.41, 5.74) is 7.58. The van der Waals surface area contributed by atoms with Gasteiger partial charge in [-0.3, -0.25) is 0 Å². The molecule has 0 saturated heterocycles. The van der Waals surface area contributed by atoms with Gasteiger partial charge in [-0.25, -0.2) is 4.39 Å². The molecule has 1 unspecified atom stereocenters. The van der Waals surface area contributed by atoms with Gasteiger partial charge in [0.25, 0.3) is 0 Å². The van der Waals surface area contributed by atoms with Crippen molar-refractivity contribution in [2.45, 2.75) is 26.0 Å². The van der Waals surface area contributed by atoms with Crippen molar-refractivity contribution < 1.29 is 9.13 Å². The van der Waals surface area contributed by atoms with E-state index in [1.54, 1.807) is 6.07 Å². The highest BCUT2D eigenvalue weighted by Gasteiger charge is 2.06. The normalized spacial score (nSPS) is 12.2. The van der Waals surface area contributed by atoms with Gasteiger partial charge in [0.05, 0.1) is 0 Å². The smallest absolute Gasteiger partial charge is 0.165 e. The van der Waals surface area contributed by atoms with Crippen LogP contribution < -0.4 is 10.5 Å². The maximum Gasteiger partial charge on any atom is 0.165 e. The predicted molar refractivity (Wildman–Crippen MR) is 82.2 cm³/mol. The molecule has 0 amide bonds. The molecule has 2 N–H and O–H groups in total. The lowest BCUT2D eigenvalue weighted by molar-refractivity contribution is 0.290. The molecule has 0 spiro atoms. The topological polar surface area (TPSA) is 35.2 Å². The zero-order valence-corrected chi connectivity index (χ0v) is 12.9. The van der Waals surface area contributed by atoms with Gasteiger partial charge >= 0.3 is 0 Å². The van der Waals surface area contributed by atoms with Crippen molar-refractivity contribution in [2.24, 2.45) is 5.73 Å². The van der Waals surface area contributed by atoms with Crippen LogP contribution in [0.3, 0.4) is 0 Å².